The summed E-state index contributed by atoms with van der Waals surface area (Å²) >= 11 is 16.1. The summed E-state index contributed by atoms with van der Waals surface area (Å²) in [6.07, 6.45) is 1.92. The van der Waals surface area contributed by atoms with E-state index >= 15 is 0 Å². The van der Waals surface area contributed by atoms with Crippen molar-refractivity contribution in [2.45, 2.75) is 8.68 Å². The minimum absolute atomic E-state index is 0.196. The Hall–Kier alpha value is -0.670. The van der Waals surface area contributed by atoms with E-state index in [1.165, 1.54) is 47.0 Å². The largest absolute Gasteiger partial charge is 0.397 e. The van der Waals surface area contributed by atoms with Crippen LogP contribution in [0.2, 0.25) is 10.0 Å². The number of hydrogen-bond donors (Lipinski definition) is 2. The second-order valence-electron chi connectivity index (χ2n) is 3.73. The average molecular weight is 381 g/mol. The highest BCUT2D eigenvalue weighted by molar-refractivity contribution is 8.03. The minimum atomic E-state index is -0.225. The molecule has 0 atom stereocenters. The van der Waals surface area contributed by atoms with Gasteiger partial charge >= 0.3 is 0 Å². The number of carbonyl (C=O) groups is 1. The number of nitrogens with two attached hydrogens (primary N) is 1. The van der Waals surface area contributed by atoms with Crippen molar-refractivity contribution in [3.05, 3.63) is 22.2 Å². The Kier molecular flexibility index (Phi) is 6.00. The van der Waals surface area contributed by atoms with Crippen LogP contribution in [0.15, 0.2) is 20.8 Å². The van der Waals surface area contributed by atoms with Gasteiger partial charge in [-0.1, -0.05) is 58.1 Å². The van der Waals surface area contributed by atoms with Crippen LogP contribution in [0.1, 0.15) is 0 Å². The van der Waals surface area contributed by atoms with Crippen LogP contribution in [0.25, 0.3) is 0 Å². The molecule has 2 rings (SSSR count). The fourth-order valence-electron chi connectivity index (χ4n) is 1.37. The first-order chi connectivity index (χ1) is 9.99. The van der Waals surface area contributed by atoms with E-state index in [1.807, 2.05) is 6.26 Å². The number of carbonyl (C=O) groups excluding carboxylic acids is 1. The van der Waals surface area contributed by atoms with Gasteiger partial charge in [0.1, 0.15) is 0 Å². The number of nitrogen functional groups attached to an aromatic ring is 1. The van der Waals surface area contributed by atoms with Crippen molar-refractivity contribution >= 4 is 75.3 Å². The van der Waals surface area contributed by atoms with E-state index in [9.17, 15) is 4.79 Å². The molecule has 1 aromatic carbocycles. The molecule has 1 aromatic heterocycles. The molecular weight excluding hydrogens is 371 g/mol. The number of hydrogen-bond acceptors (Lipinski definition) is 7. The Labute approximate surface area is 144 Å². The average Bonchev–Trinajstić information content (AvgIpc) is 2.88. The molecule has 0 aliphatic heterocycles. The zero-order valence-corrected chi connectivity index (χ0v) is 14.7. The van der Waals surface area contributed by atoms with Crippen molar-refractivity contribution in [2.75, 3.05) is 23.1 Å². The SMILES string of the molecule is CSc1nnc(SCC(=O)Nc2c(N)cc(Cl)cc2Cl)s1. The lowest BCUT2D eigenvalue weighted by molar-refractivity contribution is -0.113. The molecule has 0 saturated heterocycles. The van der Waals surface area contributed by atoms with Crippen molar-refractivity contribution in [3.8, 4) is 0 Å². The zero-order valence-electron chi connectivity index (χ0n) is 10.7. The molecule has 2 aromatic rings. The van der Waals surface area contributed by atoms with E-state index in [1.54, 1.807) is 0 Å². The summed E-state index contributed by atoms with van der Waals surface area (Å²) < 4.78 is 1.60. The van der Waals surface area contributed by atoms with Crippen LogP contribution in [0.3, 0.4) is 0 Å². The van der Waals surface area contributed by atoms with Gasteiger partial charge < -0.3 is 11.1 Å². The van der Waals surface area contributed by atoms with Crippen molar-refractivity contribution < 1.29 is 4.79 Å². The van der Waals surface area contributed by atoms with E-state index in [-0.39, 0.29) is 11.7 Å². The van der Waals surface area contributed by atoms with Crippen molar-refractivity contribution in [1.29, 1.82) is 0 Å². The molecule has 0 aliphatic carbocycles. The Balaban J connectivity index is 1.96. The molecule has 21 heavy (non-hydrogen) atoms. The fourth-order valence-corrected chi connectivity index (χ4v) is 4.16. The number of halogens is 2. The molecule has 1 amide bonds. The maximum atomic E-state index is 11.9. The van der Waals surface area contributed by atoms with Crippen molar-refractivity contribution in [3.63, 3.8) is 0 Å². The quantitative estimate of drug-likeness (QED) is 0.604. The van der Waals surface area contributed by atoms with Crippen LogP contribution in [0, 0.1) is 0 Å². The molecule has 112 valence electrons. The number of benzene rings is 1. The van der Waals surface area contributed by atoms with Crippen LogP contribution < -0.4 is 11.1 Å². The van der Waals surface area contributed by atoms with E-state index in [0.29, 0.717) is 21.4 Å². The molecule has 0 spiro atoms. The minimum Gasteiger partial charge on any atom is -0.397 e. The predicted molar refractivity (Wildman–Crippen MR) is 91.9 cm³/mol. The Morgan fingerprint density at radius 3 is 2.71 bits per heavy atom. The lowest BCUT2D eigenvalue weighted by atomic mass is 10.2. The standard InChI is InChI=1S/C11H10Cl2N4OS3/c1-19-10-16-17-11(21-10)20-4-8(18)15-9-6(13)2-5(12)3-7(9)14/h2-3H,4,14H2,1H3,(H,15,18). The van der Waals surface area contributed by atoms with Gasteiger partial charge in [-0.05, 0) is 18.4 Å². The van der Waals surface area contributed by atoms with Gasteiger partial charge in [0.15, 0.2) is 8.68 Å². The molecule has 0 saturated carbocycles. The van der Waals surface area contributed by atoms with Crippen molar-refractivity contribution in [2.24, 2.45) is 0 Å². The summed E-state index contributed by atoms with van der Waals surface area (Å²) in [7, 11) is 0. The second kappa shape index (κ2) is 7.55. The number of thioether (sulfide) groups is 2. The van der Waals surface area contributed by atoms with E-state index in [0.717, 1.165) is 8.68 Å². The van der Waals surface area contributed by atoms with E-state index < -0.39 is 0 Å². The molecule has 0 fully saturated rings. The van der Waals surface area contributed by atoms with Crippen molar-refractivity contribution in [1.82, 2.24) is 10.2 Å². The fraction of sp³-hybridized carbons (Fsp3) is 0.182. The third-order valence-electron chi connectivity index (χ3n) is 2.24. The van der Waals surface area contributed by atoms with Crippen LogP contribution in [-0.4, -0.2) is 28.1 Å². The summed E-state index contributed by atoms with van der Waals surface area (Å²) in [4.78, 5) is 11.9. The van der Waals surface area contributed by atoms with Crippen LogP contribution in [-0.2, 0) is 4.79 Å². The highest BCUT2D eigenvalue weighted by Crippen LogP contribution is 2.32. The first-order valence-electron chi connectivity index (χ1n) is 5.54. The zero-order chi connectivity index (χ0) is 15.4. The lowest BCUT2D eigenvalue weighted by Crippen LogP contribution is -2.15. The highest BCUT2D eigenvalue weighted by atomic mass is 35.5. The van der Waals surface area contributed by atoms with Crippen LogP contribution in [0.4, 0.5) is 11.4 Å². The smallest absolute Gasteiger partial charge is 0.234 e. The van der Waals surface area contributed by atoms with Gasteiger partial charge in [-0.2, -0.15) is 0 Å². The van der Waals surface area contributed by atoms with Gasteiger partial charge in [-0.25, -0.2) is 0 Å². The topological polar surface area (TPSA) is 80.9 Å². The molecule has 3 N–H and O–H groups in total. The van der Waals surface area contributed by atoms with Gasteiger partial charge in [-0.15, -0.1) is 10.2 Å². The molecule has 5 nitrogen and oxygen atoms in total. The molecule has 10 heteroatoms. The molecular formula is C11H10Cl2N4OS3. The Morgan fingerprint density at radius 2 is 2.10 bits per heavy atom. The number of amides is 1. The number of anilines is 2. The normalized spacial score (nSPS) is 10.6. The second-order valence-corrected chi connectivity index (χ2v) is 7.82. The van der Waals surface area contributed by atoms with E-state index in [4.69, 9.17) is 28.9 Å². The Bertz CT molecular complexity index is 642. The third-order valence-corrected chi connectivity index (χ3v) is 5.79. The summed E-state index contributed by atoms with van der Waals surface area (Å²) in [6, 6.07) is 3.06. The molecule has 0 aliphatic rings. The van der Waals surface area contributed by atoms with Gasteiger partial charge in [0.2, 0.25) is 5.91 Å². The maximum Gasteiger partial charge on any atom is 0.234 e. The third kappa shape index (κ3) is 4.65. The molecule has 1 heterocycles. The predicted octanol–water partition coefficient (Wildman–Crippen LogP) is 3.88. The summed E-state index contributed by atoms with van der Waals surface area (Å²) in [6.45, 7) is 0. The van der Waals surface area contributed by atoms with Gasteiger partial charge in [0.25, 0.3) is 0 Å². The summed E-state index contributed by atoms with van der Waals surface area (Å²) in [5.74, 6) is -0.0293. The summed E-state index contributed by atoms with van der Waals surface area (Å²) in [5, 5.41) is 11.3. The first kappa shape index (κ1) is 16.7. The van der Waals surface area contributed by atoms with Gasteiger partial charge in [0, 0.05) is 5.02 Å². The van der Waals surface area contributed by atoms with E-state index in [2.05, 4.69) is 15.5 Å². The Morgan fingerprint density at radius 1 is 1.38 bits per heavy atom. The van der Waals surface area contributed by atoms with Gasteiger partial charge in [-0.3, -0.25) is 4.79 Å². The number of nitrogens with one attached hydrogen (secondary N) is 1. The molecule has 0 radical (unpaired) electrons. The maximum absolute atomic E-state index is 11.9. The van der Waals surface area contributed by atoms with Crippen LogP contribution in [0.5, 0.6) is 0 Å². The molecule has 0 unspecified atom stereocenters. The van der Waals surface area contributed by atoms with Gasteiger partial charge in [0.05, 0.1) is 22.2 Å². The number of rotatable bonds is 5. The number of nitrogens with zero attached hydrogens (tertiary/aromatic N) is 2. The number of aromatic nitrogens is 2. The monoisotopic (exact) mass is 380 g/mol. The summed E-state index contributed by atoms with van der Waals surface area (Å²) in [5.41, 5.74) is 6.48. The lowest BCUT2D eigenvalue weighted by Gasteiger charge is -2.10. The molecule has 0 bridgehead atoms. The first-order valence-corrected chi connectivity index (χ1v) is 9.32. The highest BCUT2D eigenvalue weighted by Gasteiger charge is 2.12. The van der Waals surface area contributed by atoms with Crippen LogP contribution >= 0.6 is 58.1 Å².